The van der Waals surface area contributed by atoms with Crippen LogP contribution < -0.4 is 0 Å². The van der Waals surface area contributed by atoms with Crippen LogP contribution in [0.25, 0.3) is 0 Å². The SMILES string of the molecule is CCC(Sc1nccc(C#N)c1Cl)C(=O)O. The number of carboxylic acid groups (broad SMARTS) is 1. The number of nitriles is 1. The summed E-state index contributed by atoms with van der Waals surface area (Å²) in [6, 6.07) is 3.42. The van der Waals surface area contributed by atoms with Gasteiger partial charge in [-0.25, -0.2) is 4.98 Å². The lowest BCUT2D eigenvalue weighted by molar-refractivity contribution is -0.136. The predicted octanol–water partition coefficient (Wildman–Crippen LogP) is 2.56. The molecule has 16 heavy (non-hydrogen) atoms. The van der Waals surface area contributed by atoms with Gasteiger partial charge in [-0.1, -0.05) is 30.3 Å². The molecule has 1 unspecified atom stereocenters. The molecule has 0 spiro atoms. The predicted molar refractivity (Wildman–Crippen MR) is 61.5 cm³/mol. The third-order valence-electron chi connectivity index (χ3n) is 1.88. The van der Waals surface area contributed by atoms with Crippen molar-refractivity contribution in [2.45, 2.75) is 23.6 Å². The number of carbonyl (C=O) groups is 1. The largest absolute Gasteiger partial charge is 0.480 e. The molecule has 1 aromatic heterocycles. The second kappa shape index (κ2) is 5.73. The highest BCUT2D eigenvalue weighted by Crippen LogP contribution is 2.31. The lowest BCUT2D eigenvalue weighted by Gasteiger charge is -2.09. The quantitative estimate of drug-likeness (QED) is 0.838. The fourth-order valence-electron chi connectivity index (χ4n) is 1.04. The molecule has 1 heterocycles. The van der Waals surface area contributed by atoms with Gasteiger partial charge in [-0.2, -0.15) is 5.26 Å². The van der Waals surface area contributed by atoms with Crippen molar-refractivity contribution in [3.8, 4) is 6.07 Å². The molecule has 0 bridgehead atoms. The molecule has 1 rings (SSSR count). The van der Waals surface area contributed by atoms with E-state index in [1.54, 1.807) is 6.92 Å². The molecule has 4 nitrogen and oxygen atoms in total. The number of nitrogens with zero attached hydrogens (tertiary/aromatic N) is 2. The first kappa shape index (κ1) is 12.8. The van der Waals surface area contributed by atoms with Gasteiger partial charge < -0.3 is 5.11 Å². The van der Waals surface area contributed by atoms with Crippen LogP contribution in [0.15, 0.2) is 17.3 Å². The van der Waals surface area contributed by atoms with Crippen LogP contribution in [-0.4, -0.2) is 21.3 Å². The molecule has 0 aliphatic carbocycles. The van der Waals surface area contributed by atoms with Gasteiger partial charge in [-0.15, -0.1) is 0 Å². The highest BCUT2D eigenvalue weighted by Gasteiger charge is 2.19. The topological polar surface area (TPSA) is 74.0 Å². The van der Waals surface area contributed by atoms with Crippen molar-refractivity contribution >= 4 is 29.3 Å². The van der Waals surface area contributed by atoms with Crippen LogP contribution >= 0.6 is 23.4 Å². The van der Waals surface area contributed by atoms with E-state index in [0.717, 1.165) is 11.8 Å². The lowest BCUT2D eigenvalue weighted by Crippen LogP contribution is -2.15. The molecule has 0 amide bonds. The minimum Gasteiger partial charge on any atom is -0.480 e. The van der Waals surface area contributed by atoms with E-state index >= 15 is 0 Å². The van der Waals surface area contributed by atoms with Crippen molar-refractivity contribution in [1.82, 2.24) is 4.98 Å². The van der Waals surface area contributed by atoms with E-state index in [9.17, 15) is 4.79 Å². The monoisotopic (exact) mass is 256 g/mol. The van der Waals surface area contributed by atoms with Crippen molar-refractivity contribution in [1.29, 1.82) is 5.26 Å². The molecule has 6 heteroatoms. The van der Waals surface area contributed by atoms with Crippen molar-refractivity contribution in [2.24, 2.45) is 0 Å². The van der Waals surface area contributed by atoms with E-state index in [2.05, 4.69) is 4.98 Å². The van der Waals surface area contributed by atoms with E-state index in [0.29, 0.717) is 17.0 Å². The molecule has 0 aliphatic rings. The number of aromatic nitrogens is 1. The van der Waals surface area contributed by atoms with Gasteiger partial charge in [0.05, 0.1) is 10.6 Å². The number of thioether (sulfide) groups is 1. The number of pyridine rings is 1. The Morgan fingerprint density at radius 1 is 1.81 bits per heavy atom. The zero-order chi connectivity index (χ0) is 12.1. The molecule has 0 saturated heterocycles. The Kier molecular flexibility index (Phi) is 4.59. The summed E-state index contributed by atoms with van der Waals surface area (Å²) in [5.41, 5.74) is 0.305. The van der Waals surface area contributed by atoms with E-state index in [1.165, 1.54) is 12.3 Å². The van der Waals surface area contributed by atoms with E-state index < -0.39 is 11.2 Å². The molecule has 0 aromatic carbocycles. The molecular weight excluding hydrogens is 248 g/mol. The molecular formula is C10H9ClN2O2S. The first-order chi connectivity index (χ1) is 7.60. The summed E-state index contributed by atoms with van der Waals surface area (Å²) in [4.78, 5) is 14.8. The molecule has 1 aromatic rings. The summed E-state index contributed by atoms with van der Waals surface area (Å²) in [7, 11) is 0. The maximum atomic E-state index is 10.8. The fraction of sp³-hybridized carbons (Fsp3) is 0.300. The Morgan fingerprint density at radius 2 is 2.50 bits per heavy atom. The van der Waals surface area contributed by atoms with E-state index in [-0.39, 0.29) is 5.02 Å². The van der Waals surface area contributed by atoms with Gasteiger partial charge in [-0.05, 0) is 12.5 Å². The Balaban J connectivity index is 2.98. The van der Waals surface area contributed by atoms with Crippen molar-refractivity contribution in [3.05, 3.63) is 22.8 Å². The molecule has 0 fully saturated rings. The average Bonchev–Trinajstić information content (AvgIpc) is 2.27. The number of rotatable bonds is 4. The summed E-state index contributed by atoms with van der Waals surface area (Å²) in [6.07, 6.45) is 1.91. The average molecular weight is 257 g/mol. The third-order valence-corrected chi connectivity index (χ3v) is 3.72. The summed E-state index contributed by atoms with van der Waals surface area (Å²) >= 11 is 6.98. The number of aliphatic carboxylic acids is 1. The van der Waals surface area contributed by atoms with Gasteiger partial charge in [-0.3, -0.25) is 4.79 Å². The maximum absolute atomic E-state index is 10.8. The molecule has 1 atom stereocenters. The van der Waals surface area contributed by atoms with Crippen LogP contribution in [0, 0.1) is 11.3 Å². The Morgan fingerprint density at radius 3 is 3.00 bits per heavy atom. The van der Waals surface area contributed by atoms with Crippen molar-refractivity contribution in [3.63, 3.8) is 0 Å². The minimum atomic E-state index is -0.910. The summed E-state index contributed by atoms with van der Waals surface area (Å²) < 4.78 is 0. The van der Waals surface area contributed by atoms with Crippen LogP contribution in [0.3, 0.4) is 0 Å². The molecule has 84 valence electrons. The Bertz CT molecular complexity index is 445. The van der Waals surface area contributed by atoms with Crippen molar-refractivity contribution in [2.75, 3.05) is 0 Å². The van der Waals surface area contributed by atoms with Crippen LogP contribution in [0.4, 0.5) is 0 Å². The van der Waals surface area contributed by atoms with Gasteiger partial charge in [0.1, 0.15) is 16.3 Å². The molecule has 0 aliphatic heterocycles. The van der Waals surface area contributed by atoms with Gasteiger partial charge in [0.25, 0.3) is 0 Å². The fourth-order valence-corrected chi connectivity index (χ4v) is 2.20. The molecule has 0 radical (unpaired) electrons. The van der Waals surface area contributed by atoms with Gasteiger partial charge in [0.2, 0.25) is 0 Å². The molecule has 1 N–H and O–H groups in total. The van der Waals surface area contributed by atoms with Crippen LogP contribution in [-0.2, 0) is 4.79 Å². The lowest BCUT2D eigenvalue weighted by atomic mass is 10.3. The van der Waals surface area contributed by atoms with Gasteiger partial charge >= 0.3 is 5.97 Å². The third kappa shape index (κ3) is 2.87. The highest BCUT2D eigenvalue weighted by atomic mass is 35.5. The van der Waals surface area contributed by atoms with Gasteiger partial charge in [0.15, 0.2) is 0 Å². The van der Waals surface area contributed by atoms with Crippen LogP contribution in [0.1, 0.15) is 18.9 Å². The second-order valence-corrected chi connectivity index (χ2v) is 4.51. The summed E-state index contributed by atoms with van der Waals surface area (Å²) in [6.45, 7) is 1.77. The van der Waals surface area contributed by atoms with Crippen molar-refractivity contribution < 1.29 is 9.90 Å². The smallest absolute Gasteiger partial charge is 0.317 e. The zero-order valence-corrected chi connectivity index (χ0v) is 10.0. The highest BCUT2D eigenvalue weighted by molar-refractivity contribution is 8.00. The van der Waals surface area contributed by atoms with Gasteiger partial charge in [0, 0.05) is 6.20 Å². The maximum Gasteiger partial charge on any atom is 0.317 e. The van der Waals surface area contributed by atoms with E-state index in [4.69, 9.17) is 22.0 Å². The number of halogens is 1. The number of carboxylic acids is 1. The van der Waals surface area contributed by atoms with Crippen LogP contribution in [0.5, 0.6) is 0 Å². The normalized spacial score (nSPS) is 11.8. The summed E-state index contributed by atoms with van der Waals surface area (Å²) in [5, 5.41) is 17.7. The van der Waals surface area contributed by atoms with E-state index in [1.807, 2.05) is 6.07 Å². The second-order valence-electron chi connectivity index (χ2n) is 2.94. The van der Waals surface area contributed by atoms with Crippen LogP contribution in [0.2, 0.25) is 5.02 Å². The Labute approximate surface area is 102 Å². The first-order valence-corrected chi connectivity index (χ1v) is 5.80. The standard InChI is InChI=1S/C10H9ClN2O2S/c1-2-7(10(14)15)16-9-8(11)6(5-12)3-4-13-9/h3-4,7H,2H2,1H3,(H,14,15). The molecule has 0 saturated carbocycles. The zero-order valence-electron chi connectivity index (χ0n) is 8.48. The summed E-state index contributed by atoms with van der Waals surface area (Å²) in [5.74, 6) is -0.910. The Hall–Kier alpha value is -1.25. The number of hydrogen-bond acceptors (Lipinski definition) is 4. The minimum absolute atomic E-state index is 0.217. The number of hydrogen-bond donors (Lipinski definition) is 1. The first-order valence-electron chi connectivity index (χ1n) is 4.54.